The third-order valence-electron chi connectivity index (χ3n) is 3.36. The zero-order chi connectivity index (χ0) is 13.2. The highest BCUT2D eigenvalue weighted by atomic mass is 79.9. The predicted octanol–water partition coefficient (Wildman–Crippen LogP) is 2.05. The predicted molar refractivity (Wildman–Crippen MR) is 73.3 cm³/mol. The van der Waals surface area contributed by atoms with E-state index < -0.39 is 10.0 Å². The molecule has 7 heteroatoms. The monoisotopic (exact) mass is 335 g/mol. The molecule has 1 aliphatic rings. The largest absolute Gasteiger partial charge is 0.281 e. The molecule has 1 saturated heterocycles. The number of hydrogen-bond acceptors (Lipinski definition) is 3. The first-order chi connectivity index (χ1) is 8.57. The second kappa shape index (κ2) is 5.71. The Kier molecular flexibility index (Phi) is 4.45. The van der Waals surface area contributed by atoms with Crippen LogP contribution in [0, 0.1) is 6.92 Å². The SMILES string of the molecule is Cc1[nH]ncc1S(=O)(=O)N1CCCC1CCCBr. The molecule has 2 heterocycles. The molecule has 5 nitrogen and oxygen atoms in total. The summed E-state index contributed by atoms with van der Waals surface area (Å²) in [5.41, 5.74) is 0.612. The maximum atomic E-state index is 12.5. The van der Waals surface area contributed by atoms with Crippen molar-refractivity contribution in [3.8, 4) is 0 Å². The highest BCUT2D eigenvalue weighted by Crippen LogP contribution is 2.29. The summed E-state index contributed by atoms with van der Waals surface area (Å²) < 4.78 is 26.7. The molecule has 0 aliphatic carbocycles. The quantitative estimate of drug-likeness (QED) is 0.837. The van der Waals surface area contributed by atoms with Gasteiger partial charge in [-0.15, -0.1) is 0 Å². The lowest BCUT2D eigenvalue weighted by Crippen LogP contribution is -2.35. The normalized spacial score (nSPS) is 21.6. The molecule has 0 amide bonds. The van der Waals surface area contributed by atoms with Crippen LogP contribution in [-0.4, -0.2) is 40.8 Å². The zero-order valence-corrected chi connectivity index (χ0v) is 12.8. The van der Waals surface area contributed by atoms with Crippen LogP contribution in [0.5, 0.6) is 0 Å². The molecule has 1 aromatic heterocycles. The van der Waals surface area contributed by atoms with Crippen molar-refractivity contribution in [1.82, 2.24) is 14.5 Å². The zero-order valence-electron chi connectivity index (χ0n) is 10.4. The summed E-state index contributed by atoms with van der Waals surface area (Å²) in [5.74, 6) is 0. The Balaban J connectivity index is 2.22. The number of aromatic nitrogens is 2. The lowest BCUT2D eigenvalue weighted by molar-refractivity contribution is 0.369. The summed E-state index contributed by atoms with van der Waals surface area (Å²) >= 11 is 3.39. The van der Waals surface area contributed by atoms with Gasteiger partial charge in [0.2, 0.25) is 10.0 Å². The van der Waals surface area contributed by atoms with Gasteiger partial charge in [0.1, 0.15) is 4.90 Å². The van der Waals surface area contributed by atoms with E-state index in [-0.39, 0.29) is 6.04 Å². The second-order valence-corrected chi connectivity index (χ2v) is 7.25. The summed E-state index contributed by atoms with van der Waals surface area (Å²) in [7, 11) is -3.38. The summed E-state index contributed by atoms with van der Waals surface area (Å²) in [4.78, 5) is 0.313. The van der Waals surface area contributed by atoms with Crippen LogP contribution in [0.25, 0.3) is 0 Å². The van der Waals surface area contributed by atoms with Crippen LogP contribution in [0.2, 0.25) is 0 Å². The van der Waals surface area contributed by atoms with E-state index in [2.05, 4.69) is 26.1 Å². The maximum Gasteiger partial charge on any atom is 0.246 e. The Bertz CT molecular complexity index is 500. The molecule has 1 aliphatic heterocycles. The molecule has 0 bridgehead atoms. The number of sulfonamides is 1. The first-order valence-electron chi connectivity index (χ1n) is 6.15. The molecule has 1 fully saturated rings. The number of halogens is 1. The van der Waals surface area contributed by atoms with Gasteiger partial charge < -0.3 is 0 Å². The lowest BCUT2D eigenvalue weighted by Gasteiger charge is -2.23. The molecule has 1 unspecified atom stereocenters. The van der Waals surface area contributed by atoms with Crippen LogP contribution in [-0.2, 0) is 10.0 Å². The van der Waals surface area contributed by atoms with Crippen LogP contribution in [0.1, 0.15) is 31.4 Å². The Morgan fingerprint density at radius 1 is 1.61 bits per heavy atom. The molecule has 1 aromatic rings. The summed E-state index contributed by atoms with van der Waals surface area (Å²) in [6.45, 7) is 2.36. The van der Waals surface area contributed by atoms with Gasteiger partial charge in [0.25, 0.3) is 0 Å². The van der Waals surface area contributed by atoms with Crippen molar-refractivity contribution in [3.05, 3.63) is 11.9 Å². The minimum atomic E-state index is -3.38. The third-order valence-corrected chi connectivity index (χ3v) is 5.99. The van der Waals surface area contributed by atoms with E-state index in [1.165, 1.54) is 6.20 Å². The third kappa shape index (κ3) is 2.62. The number of rotatable bonds is 5. The van der Waals surface area contributed by atoms with Crippen LogP contribution >= 0.6 is 15.9 Å². The second-order valence-electron chi connectivity index (χ2n) is 4.60. The van der Waals surface area contributed by atoms with E-state index in [1.54, 1.807) is 11.2 Å². The van der Waals surface area contributed by atoms with Gasteiger partial charge in [-0.1, -0.05) is 15.9 Å². The first-order valence-corrected chi connectivity index (χ1v) is 8.71. The molecule has 0 spiro atoms. The van der Waals surface area contributed by atoms with Crippen molar-refractivity contribution in [2.45, 2.75) is 43.5 Å². The fraction of sp³-hybridized carbons (Fsp3) is 0.727. The molecule has 0 radical (unpaired) electrons. The summed E-state index contributed by atoms with van der Waals surface area (Å²) in [6, 6.07) is 0.141. The van der Waals surface area contributed by atoms with Crippen molar-refractivity contribution in [3.63, 3.8) is 0 Å². The molecule has 1 N–H and O–H groups in total. The molecule has 1 atom stereocenters. The standard InChI is InChI=1S/C11H18BrN3O2S/c1-9-11(8-13-14-9)18(16,17)15-7-3-5-10(15)4-2-6-12/h8,10H,2-7H2,1H3,(H,13,14). The van der Waals surface area contributed by atoms with Gasteiger partial charge in [-0.3, -0.25) is 5.10 Å². The average molecular weight is 336 g/mol. The fourth-order valence-electron chi connectivity index (χ4n) is 2.45. The fourth-order valence-corrected chi connectivity index (χ4v) is 4.62. The first kappa shape index (κ1) is 14.0. The van der Waals surface area contributed by atoms with Crippen molar-refractivity contribution in [1.29, 1.82) is 0 Å². The van der Waals surface area contributed by atoms with Gasteiger partial charge in [-0.2, -0.15) is 9.40 Å². The van der Waals surface area contributed by atoms with Gasteiger partial charge in [0.05, 0.1) is 11.9 Å². The van der Waals surface area contributed by atoms with Crippen molar-refractivity contribution >= 4 is 26.0 Å². The van der Waals surface area contributed by atoms with Crippen LogP contribution in [0.3, 0.4) is 0 Å². The minimum absolute atomic E-state index is 0.141. The topological polar surface area (TPSA) is 66.1 Å². The molecular formula is C11H18BrN3O2S. The number of nitrogens with zero attached hydrogens (tertiary/aromatic N) is 2. The number of nitrogens with one attached hydrogen (secondary N) is 1. The van der Waals surface area contributed by atoms with Gasteiger partial charge in [0.15, 0.2) is 0 Å². The van der Waals surface area contributed by atoms with Crippen molar-refractivity contribution < 1.29 is 8.42 Å². The Morgan fingerprint density at radius 3 is 3.00 bits per heavy atom. The van der Waals surface area contributed by atoms with E-state index in [9.17, 15) is 8.42 Å². The van der Waals surface area contributed by atoms with Gasteiger partial charge in [0, 0.05) is 17.9 Å². The summed E-state index contributed by atoms with van der Waals surface area (Å²) in [6.07, 6.45) is 5.24. The van der Waals surface area contributed by atoms with Crippen LogP contribution in [0.4, 0.5) is 0 Å². The van der Waals surface area contributed by atoms with Crippen LogP contribution < -0.4 is 0 Å². The molecular weight excluding hydrogens is 318 g/mol. The Labute approximate surface area is 116 Å². The van der Waals surface area contributed by atoms with E-state index in [0.717, 1.165) is 31.0 Å². The average Bonchev–Trinajstić information content (AvgIpc) is 2.94. The van der Waals surface area contributed by atoms with Gasteiger partial charge >= 0.3 is 0 Å². The molecule has 0 aromatic carbocycles. The van der Waals surface area contributed by atoms with Gasteiger partial charge in [-0.05, 0) is 32.6 Å². The highest BCUT2D eigenvalue weighted by molar-refractivity contribution is 9.09. The molecule has 0 saturated carbocycles. The smallest absolute Gasteiger partial charge is 0.246 e. The molecule has 2 rings (SSSR count). The lowest BCUT2D eigenvalue weighted by atomic mass is 10.1. The highest BCUT2D eigenvalue weighted by Gasteiger charge is 2.36. The van der Waals surface area contributed by atoms with Crippen LogP contribution in [0.15, 0.2) is 11.1 Å². The maximum absolute atomic E-state index is 12.5. The van der Waals surface area contributed by atoms with Crippen molar-refractivity contribution in [2.24, 2.45) is 0 Å². The van der Waals surface area contributed by atoms with Crippen molar-refractivity contribution in [2.75, 3.05) is 11.9 Å². The van der Waals surface area contributed by atoms with E-state index >= 15 is 0 Å². The number of aryl methyl sites for hydroxylation is 1. The van der Waals surface area contributed by atoms with E-state index in [0.29, 0.717) is 17.1 Å². The Hall–Kier alpha value is -0.400. The number of alkyl halides is 1. The molecule has 102 valence electrons. The number of H-pyrrole nitrogens is 1. The van der Waals surface area contributed by atoms with E-state index in [4.69, 9.17) is 0 Å². The van der Waals surface area contributed by atoms with E-state index in [1.807, 2.05) is 0 Å². The summed E-state index contributed by atoms with van der Waals surface area (Å²) in [5, 5.41) is 7.42. The molecule has 18 heavy (non-hydrogen) atoms. The number of aromatic amines is 1. The minimum Gasteiger partial charge on any atom is -0.281 e. The number of hydrogen-bond donors (Lipinski definition) is 1. The Morgan fingerprint density at radius 2 is 2.39 bits per heavy atom. The van der Waals surface area contributed by atoms with Gasteiger partial charge in [-0.25, -0.2) is 8.42 Å².